The van der Waals surface area contributed by atoms with Crippen LogP contribution in [0.3, 0.4) is 0 Å². The van der Waals surface area contributed by atoms with Crippen molar-refractivity contribution in [3.63, 3.8) is 0 Å². The van der Waals surface area contributed by atoms with Crippen molar-refractivity contribution in [2.45, 2.75) is 29.6 Å². The number of piperazine rings is 1. The first kappa shape index (κ1) is 16.9. The molecule has 0 unspecified atom stereocenters. The van der Waals surface area contributed by atoms with Gasteiger partial charge >= 0.3 is 0 Å². The van der Waals surface area contributed by atoms with Crippen LogP contribution < -0.4 is 4.90 Å². The van der Waals surface area contributed by atoms with Gasteiger partial charge < -0.3 is 9.64 Å². The van der Waals surface area contributed by atoms with E-state index >= 15 is 0 Å². The number of nitrogens with one attached hydrogen (secondary N) is 1. The van der Waals surface area contributed by atoms with E-state index in [-0.39, 0.29) is 0 Å². The summed E-state index contributed by atoms with van der Waals surface area (Å²) in [4.78, 5) is 1.46. The van der Waals surface area contributed by atoms with Crippen LogP contribution in [0.4, 0.5) is 0 Å². The quantitative estimate of drug-likeness (QED) is 0.805. The molecule has 0 radical (unpaired) electrons. The monoisotopic (exact) mass is 409 g/mol. The Bertz CT molecular complexity index is 591. The summed E-state index contributed by atoms with van der Waals surface area (Å²) < 4.78 is 33.9. The van der Waals surface area contributed by atoms with Crippen LogP contribution in [-0.2, 0) is 14.8 Å². The summed E-state index contributed by atoms with van der Waals surface area (Å²) in [5, 5.41) is 0. The third kappa shape index (κ3) is 3.91. The lowest BCUT2D eigenvalue weighted by Gasteiger charge is -2.33. The van der Waals surface area contributed by atoms with Crippen molar-refractivity contribution < 1.29 is 18.1 Å². The van der Waals surface area contributed by atoms with Gasteiger partial charge in [0, 0.05) is 6.61 Å². The molecule has 2 fully saturated rings. The smallest absolute Gasteiger partial charge is 0.252 e. The highest BCUT2D eigenvalue weighted by Gasteiger charge is 2.32. The highest BCUT2D eigenvalue weighted by molar-refractivity contribution is 9.11. The highest BCUT2D eigenvalue weighted by atomic mass is 79.9. The van der Waals surface area contributed by atoms with Gasteiger partial charge in [-0.25, -0.2) is 8.42 Å². The van der Waals surface area contributed by atoms with Gasteiger partial charge in [0.25, 0.3) is 10.0 Å². The average molecular weight is 410 g/mol. The predicted molar refractivity (Wildman–Crippen MR) is 89.9 cm³/mol. The Morgan fingerprint density at radius 2 is 2.09 bits per heavy atom. The van der Waals surface area contributed by atoms with Crippen molar-refractivity contribution in [1.82, 2.24) is 4.31 Å². The number of quaternary nitrogens is 1. The fraction of sp³-hybridized carbons (Fsp3) is 0.714. The number of rotatable bonds is 4. The number of thiophene rings is 1. The zero-order valence-electron chi connectivity index (χ0n) is 12.5. The Hall–Kier alpha value is 0.01000. The number of nitrogens with zero attached hydrogens (tertiary/aromatic N) is 1. The summed E-state index contributed by atoms with van der Waals surface area (Å²) in [7, 11) is -3.32. The van der Waals surface area contributed by atoms with E-state index in [2.05, 4.69) is 15.9 Å². The maximum Gasteiger partial charge on any atom is 0.252 e. The molecule has 2 saturated heterocycles. The van der Waals surface area contributed by atoms with Gasteiger partial charge in [-0.15, -0.1) is 11.3 Å². The number of hydrogen-bond acceptors (Lipinski definition) is 4. The molecule has 0 bridgehead atoms. The minimum atomic E-state index is -3.32. The summed E-state index contributed by atoms with van der Waals surface area (Å²) >= 11 is 4.61. The maximum absolute atomic E-state index is 12.6. The van der Waals surface area contributed by atoms with Gasteiger partial charge in [-0.05, 0) is 47.3 Å². The van der Waals surface area contributed by atoms with Gasteiger partial charge in [0.1, 0.15) is 16.9 Å². The molecular weight excluding hydrogens is 388 g/mol. The van der Waals surface area contributed by atoms with Gasteiger partial charge in [-0.2, -0.15) is 4.31 Å². The highest BCUT2D eigenvalue weighted by Crippen LogP contribution is 2.28. The van der Waals surface area contributed by atoms with Gasteiger partial charge in [0.2, 0.25) is 0 Å². The van der Waals surface area contributed by atoms with Crippen molar-refractivity contribution in [2.24, 2.45) is 0 Å². The van der Waals surface area contributed by atoms with Crippen LogP contribution in [0.1, 0.15) is 19.3 Å². The van der Waals surface area contributed by atoms with Crippen molar-refractivity contribution in [2.75, 3.05) is 39.3 Å². The van der Waals surface area contributed by atoms with Crippen molar-refractivity contribution in [3.05, 3.63) is 15.9 Å². The minimum absolute atomic E-state index is 0.361. The second-order valence-corrected chi connectivity index (χ2v) is 10.5. The molecule has 2 aliphatic rings. The molecule has 22 heavy (non-hydrogen) atoms. The molecule has 1 atom stereocenters. The molecule has 3 rings (SSSR count). The van der Waals surface area contributed by atoms with E-state index in [9.17, 15) is 8.42 Å². The molecule has 2 aliphatic heterocycles. The summed E-state index contributed by atoms with van der Waals surface area (Å²) in [5.74, 6) is 0. The normalized spacial score (nSPS) is 25.4. The topological polar surface area (TPSA) is 51.0 Å². The lowest BCUT2D eigenvalue weighted by atomic mass is 10.1. The van der Waals surface area contributed by atoms with E-state index in [1.807, 2.05) is 0 Å². The number of halogens is 1. The predicted octanol–water partition coefficient (Wildman–Crippen LogP) is 0.969. The van der Waals surface area contributed by atoms with E-state index < -0.39 is 10.0 Å². The SMILES string of the molecule is O=S(=O)(c1ccc(Br)s1)N1CC[NH+](C[C@@H]2CCCCO2)CC1. The van der Waals surface area contributed by atoms with Crippen molar-refractivity contribution in [3.8, 4) is 0 Å². The van der Waals surface area contributed by atoms with E-state index in [1.54, 1.807) is 16.4 Å². The minimum Gasteiger partial charge on any atom is -0.372 e. The molecular formula is C14H22BrN2O3S2+. The zero-order chi connectivity index (χ0) is 15.6. The Labute approximate surface area is 144 Å². The molecule has 8 heteroatoms. The maximum atomic E-state index is 12.6. The third-order valence-corrected chi connectivity index (χ3v) is 8.35. The molecule has 0 amide bonds. The van der Waals surface area contributed by atoms with Crippen LogP contribution >= 0.6 is 27.3 Å². The fourth-order valence-electron chi connectivity index (χ4n) is 3.10. The molecule has 124 valence electrons. The van der Waals surface area contributed by atoms with E-state index in [0.29, 0.717) is 23.4 Å². The zero-order valence-corrected chi connectivity index (χ0v) is 15.7. The van der Waals surface area contributed by atoms with Crippen molar-refractivity contribution >= 4 is 37.3 Å². The molecule has 0 saturated carbocycles. The largest absolute Gasteiger partial charge is 0.372 e. The van der Waals surface area contributed by atoms with Crippen LogP contribution in [0.15, 0.2) is 20.1 Å². The fourth-order valence-corrected chi connectivity index (χ4v) is 6.71. The average Bonchev–Trinajstić information content (AvgIpc) is 2.96. The van der Waals surface area contributed by atoms with Crippen LogP contribution in [0.5, 0.6) is 0 Å². The number of hydrogen-bond donors (Lipinski definition) is 1. The molecule has 1 aromatic rings. The molecule has 0 aromatic carbocycles. The summed E-state index contributed by atoms with van der Waals surface area (Å²) in [5.41, 5.74) is 0. The van der Waals surface area contributed by atoms with Gasteiger partial charge in [0.15, 0.2) is 0 Å². The first-order chi connectivity index (χ1) is 10.6. The van der Waals surface area contributed by atoms with Crippen LogP contribution in [0.25, 0.3) is 0 Å². The molecule has 1 N–H and O–H groups in total. The molecule has 3 heterocycles. The molecule has 0 aliphatic carbocycles. The lowest BCUT2D eigenvalue weighted by molar-refractivity contribution is -0.907. The van der Waals surface area contributed by atoms with E-state index in [1.165, 1.54) is 29.1 Å². The number of sulfonamides is 1. The van der Waals surface area contributed by atoms with Crippen LogP contribution in [0, 0.1) is 0 Å². The summed E-state index contributed by atoms with van der Waals surface area (Å²) in [6, 6.07) is 3.47. The van der Waals surface area contributed by atoms with Gasteiger partial charge in [-0.1, -0.05) is 0 Å². The first-order valence-corrected chi connectivity index (χ1v) is 10.8. The Kier molecular flexibility index (Phi) is 5.57. The second kappa shape index (κ2) is 7.27. The summed E-state index contributed by atoms with van der Waals surface area (Å²) in [6.45, 7) is 4.82. The standard InChI is InChI=1S/C14H21BrN2O3S2/c15-13-4-5-14(21-13)22(18,19)17-8-6-16(7-9-17)11-12-3-1-2-10-20-12/h4-5,12H,1-3,6-11H2/p+1/t12-/m0/s1. The first-order valence-electron chi connectivity index (χ1n) is 7.76. The second-order valence-electron chi connectivity index (χ2n) is 5.91. The molecule has 0 spiro atoms. The van der Waals surface area contributed by atoms with E-state index in [0.717, 1.165) is 36.4 Å². The summed E-state index contributed by atoms with van der Waals surface area (Å²) in [6.07, 6.45) is 3.94. The molecule has 1 aromatic heterocycles. The Morgan fingerprint density at radius 3 is 2.68 bits per heavy atom. The number of ether oxygens (including phenoxy) is 1. The Morgan fingerprint density at radius 1 is 1.32 bits per heavy atom. The third-order valence-electron chi connectivity index (χ3n) is 4.36. The van der Waals surface area contributed by atoms with Gasteiger partial charge in [0.05, 0.1) is 30.0 Å². The Balaban J connectivity index is 1.55. The van der Waals surface area contributed by atoms with Crippen molar-refractivity contribution in [1.29, 1.82) is 0 Å². The van der Waals surface area contributed by atoms with Crippen LogP contribution in [0.2, 0.25) is 0 Å². The van der Waals surface area contributed by atoms with Gasteiger partial charge in [-0.3, -0.25) is 0 Å². The molecule has 5 nitrogen and oxygen atoms in total. The van der Waals surface area contributed by atoms with Crippen LogP contribution in [-0.4, -0.2) is 58.2 Å². The lowest BCUT2D eigenvalue weighted by Crippen LogP contribution is -3.15. The van der Waals surface area contributed by atoms with E-state index in [4.69, 9.17) is 4.74 Å².